The molecule has 1 aromatic heterocycles. The van der Waals surface area contributed by atoms with Gasteiger partial charge in [-0.3, -0.25) is 4.79 Å². The summed E-state index contributed by atoms with van der Waals surface area (Å²) in [6.07, 6.45) is 7.38. The molecule has 1 atom stereocenters. The van der Waals surface area contributed by atoms with Crippen molar-refractivity contribution in [3.63, 3.8) is 0 Å². The van der Waals surface area contributed by atoms with Crippen molar-refractivity contribution in [1.29, 1.82) is 0 Å². The number of carbonyl (C=O) groups excluding carboxylic acids is 1. The third-order valence-corrected chi connectivity index (χ3v) is 4.58. The maximum Gasteiger partial charge on any atom is 0.136 e. The molecule has 1 fully saturated rings. The minimum atomic E-state index is 0.284. The van der Waals surface area contributed by atoms with Crippen LogP contribution in [0.15, 0.2) is 24.4 Å². The van der Waals surface area contributed by atoms with Gasteiger partial charge in [-0.2, -0.15) is 0 Å². The van der Waals surface area contributed by atoms with E-state index in [0.29, 0.717) is 5.78 Å². The molecule has 1 aromatic carbocycles. The second kappa shape index (κ2) is 3.71. The van der Waals surface area contributed by atoms with Gasteiger partial charge in [0.15, 0.2) is 0 Å². The van der Waals surface area contributed by atoms with Crippen LogP contribution >= 0.6 is 0 Å². The number of Topliss-reactive ketones (excluding diaryl/α,β-unsaturated/α-hetero) is 1. The summed E-state index contributed by atoms with van der Waals surface area (Å²) in [6, 6.07) is 6.61. The zero-order chi connectivity index (χ0) is 12.1. The van der Waals surface area contributed by atoms with Crippen molar-refractivity contribution < 1.29 is 4.79 Å². The van der Waals surface area contributed by atoms with Gasteiger partial charge in [0.1, 0.15) is 5.78 Å². The van der Waals surface area contributed by atoms with Crippen molar-refractivity contribution in [2.24, 2.45) is 5.92 Å². The Bertz CT molecular complexity index is 638. The van der Waals surface area contributed by atoms with Crippen molar-refractivity contribution in [3.05, 3.63) is 35.5 Å². The number of aryl methyl sites for hydroxylation is 2. The molecule has 2 nitrogen and oxygen atoms in total. The fourth-order valence-corrected chi connectivity index (χ4v) is 3.66. The zero-order valence-corrected chi connectivity index (χ0v) is 10.5. The smallest absolute Gasteiger partial charge is 0.136 e. The van der Waals surface area contributed by atoms with E-state index in [1.807, 2.05) is 0 Å². The van der Waals surface area contributed by atoms with E-state index in [1.54, 1.807) is 0 Å². The second-order valence-electron chi connectivity index (χ2n) is 5.67. The van der Waals surface area contributed by atoms with E-state index >= 15 is 0 Å². The standard InChI is InChI=1S/C16H17NO/c18-15-6-2-4-12(15)9-13-10-17-8-7-11-3-1-5-14(13)16(11)17/h1,3,5,10,12H,2,4,6-9H2. The Morgan fingerprint density at radius 1 is 1.28 bits per heavy atom. The van der Waals surface area contributed by atoms with Crippen LogP contribution < -0.4 is 0 Å². The maximum absolute atomic E-state index is 11.8. The van der Waals surface area contributed by atoms with Crippen LogP contribution in [0.2, 0.25) is 0 Å². The molecule has 0 bridgehead atoms. The Morgan fingerprint density at radius 3 is 3.06 bits per heavy atom. The lowest BCUT2D eigenvalue weighted by Crippen LogP contribution is -2.09. The van der Waals surface area contributed by atoms with E-state index < -0.39 is 0 Å². The molecule has 0 spiro atoms. The number of hydrogen-bond donors (Lipinski definition) is 0. The summed E-state index contributed by atoms with van der Waals surface area (Å²) in [7, 11) is 0. The van der Waals surface area contributed by atoms with Gasteiger partial charge in [-0.25, -0.2) is 0 Å². The molecule has 4 rings (SSSR count). The quantitative estimate of drug-likeness (QED) is 0.789. The number of hydrogen-bond acceptors (Lipinski definition) is 1. The van der Waals surface area contributed by atoms with E-state index in [2.05, 4.69) is 29.0 Å². The first-order valence-electron chi connectivity index (χ1n) is 6.95. The average molecular weight is 239 g/mol. The Hall–Kier alpha value is -1.57. The summed E-state index contributed by atoms with van der Waals surface area (Å²) in [6.45, 7) is 1.11. The molecule has 2 aliphatic rings. The first-order chi connectivity index (χ1) is 8.83. The summed E-state index contributed by atoms with van der Waals surface area (Å²) >= 11 is 0. The largest absolute Gasteiger partial charge is 0.347 e. The maximum atomic E-state index is 11.8. The molecule has 1 aliphatic heterocycles. The zero-order valence-electron chi connectivity index (χ0n) is 10.5. The summed E-state index contributed by atoms with van der Waals surface area (Å²) in [5.41, 5.74) is 4.27. The molecule has 0 N–H and O–H groups in total. The molecule has 1 saturated carbocycles. The summed E-state index contributed by atoms with van der Waals surface area (Å²) < 4.78 is 2.37. The highest BCUT2D eigenvalue weighted by molar-refractivity contribution is 5.89. The molecule has 18 heavy (non-hydrogen) atoms. The monoisotopic (exact) mass is 239 g/mol. The fourth-order valence-electron chi connectivity index (χ4n) is 3.66. The van der Waals surface area contributed by atoms with Gasteiger partial charge in [0.2, 0.25) is 0 Å². The first kappa shape index (κ1) is 10.4. The lowest BCUT2D eigenvalue weighted by Gasteiger charge is -2.07. The Kier molecular flexibility index (Phi) is 2.14. The van der Waals surface area contributed by atoms with Gasteiger partial charge < -0.3 is 4.57 Å². The van der Waals surface area contributed by atoms with Crippen LogP contribution in [-0.2, 0) is 24.2 Å². The van der Waals surface area contributed by atoms with Crippen LogP contribution in [0.5, 0.6) is 0 Å². The molecule has 0 saturated heterocycles. The van der Waals surface area contributed by atoms with E-state index in [1.165, 1.54) is 22.0 Å². The number of rotatable bonds is 2. The molecular formula is C16H17NO. The van der Waals surface area contributed by atoms with Gasteiger partial charge in [-0.1, -0.05) is 18.2 Å². The third kappa shape index (κ3) is 1.38. The minimum Gasteiger partial charge on any atom is -0.347 e. The second-order valence-corrected chi connectivity index (χ2v) is 5.67. The van der Waals surface area contributed by atoms with Crippen molar-refractivity contribution in [2.45, 2.75) is 38.6 Å². The molecule has 0 amide bonds. The van der Waals surface area contributed by atoms with Crippen molar-refractivity contribution in [2.75, 3.05) is 0 Å². The third-order valence-electron chi connectivity index (χ3n) is 4.58. The van der Waals surface area contributed by atoms with Gasteiger partial charge in [0, 0.05) is 30.5 Å². The molecule has 2 heterocycles. The van der Waals surface area contributed by atoms with E-state index in [-0.39, 0.29) is 5.92 Å². The highest BCUT2D eigenvalue weighted by atomic mass is 16.1. The Balaban J connectivity index is 1.78. The molecule has 1 unspecified atom stereocenters. The minimum absolute atomic E-state index is 0.284. The van der Waals surface area contributed by atoms with Gasteiger partial charge in [-0.05, 0) is 36.8 Å². The lowest BCUT2D eigenvalue weighted by molar-refractivity contribution is -0.120. The number of carbonyl (C=O) groups is 1. The van der Waals surface area contributed by atoms with Crippen molar-refractivity contribution in [3.8, 4) is 0 Å². The predicted molar refractivity (Wildman–Crippen MR) is 71.7 cm³/mol. The van der Waals surface area contributed by atoms with Gasteiger partial charge in [0.05, 0.1) is 5.52 Å². The van der Waals surface area contributed by atoms with Gasteiger partial charge >= 0.3 is 0 Å². The first-order valence-corrected chi connectivity index (χ1v) is 6.95. The molecule has 92 valence electrons. The van der Waals surface area contributed by atoms with Crippen LogP contribution in [0.4, 0.5) is 0 Å². The Morgan fingerprint density at radius 2 is 2.22 bits per heavy atom. The highest BCUT2D eigenvalue weighted by Gasteiger charge is 2.26. The number of ketones is 1. The van der Waals surface area contributed by atoms with Gasteiger partial charge in [0.25, 0.3) is 0 Å². The molecule has 2 heteroatoms. The van der Waals surface area contributed by atoms with Crippen molar-refractivity contribution >= 4 is 16.7 Å². The number of benzene rings is 1. The average Bonchev–Trinajstić information content (AvgIpc) is 3.05. The van der Waals surface area contributed by atoms with E-state index in [0.717, 1.165) is 38.6 Å². The van der Waals surface area contributed by atoms with Crippen LogP contribution in [0.3, 0.4) is 0 Å². The molecule has 2 aromatic rings. The van der Waals surface area contributed by atoms with Crippen molar-refractivity contribution in [1.82, 2.24) is 4.57 Å². The van der Waals surface area contributed by atoms with E-state index in [9.17, 15) is 4.79 Å². The Labute approximate surface area is 107 Å². The number of aromatic nitrogens is 1. The van der Waals surface area contributed by atoms with Crippen LogP contribution in [0, 0.1) is 5.92 Å². The predicted octanol–water partition coefficient (Wildman–Crippen LogP) is 3.11. The van der Waals surface area contributed by atoms with Crippen LogP contribution in [0.1, 0.15) is 30.4 Å². The number of nitrogens with zero attached hydrogens (tertiary/aromatic N) is 1. The normalized spacial score (nSPS) is 22.2. The van der Waals surface area contributed by atoms with Gasteiger partial charge in [-0.15, -0.1) is 0 Å². The SMILES string of the molecule is O=C1CCCC1Cc1cn2c3c(cccc13)CC2. The lowest BCUT2D eigenvalue weighted by atomic mass is 9.96. The summed E-state index contributed by atoms with van der Waals surface area (Å²) in [4.78, 5) is 11.8. The summed E-state index contributed by atoms with van der Waals surface area (Å²) in [5, 5.41) is 1.38. The molecule has 0 radical (unpaired) electrons. The molecule has 1 aliphatic carbocycles. The molecular weight excluding hydrogens is 222 g/mol. The highest BCUT2D eigenvalue weighted by Crippen LogP contribution is 2.33. The number of para-hydroxylation sites is 1. The van der Waals surface area contributed by atoms with E-state index in [4.69, 9.17) is 0 Å². The topological polar surface area (TPSA) is 22.0 Å². The summed E-state index contributed by atoms with van der Waals surface area (Å²) in [5.74, 6) is 0.760. The van der Waals surface area contributed by atoms with Crippen LogP contribution in [-0.4, -0.2) is 10.4 Å². The fraction of sp³-hybridized carbons (Fsp3) is 0.438. The van der Waals surface area contributed by atoms with Crippen LogP contribution in [0.25, 0.3) is 10.9 Å².